The molecule has 0 amide bonds. The molecule has 180 valence electrons. The van der Waals surface area contributed by atoms with E-state index in [1.165, 1.54) is 33.8 Å². The number of carboxylic acids is 1. The number of benzene rings is 2. The first-order valence-electron chi connectivity index (χ1n) is 10.4. The number of fused-ring (bicyclic) bond motifs is 3. The summed E-state index contributed by atoms with van der Waals surface area (Å²) in [4.78, 5) is 50.3. The summed E-state index contributed by atoms with van der Waals surface area (Å²) in [6.45, 7) is 5.40. The zero-order chi connectivity index (χ0) is 26.0. The first-order valence-corrected chi connectivity index (χ1v) is 10.4. The number of phenolic OH excluding ortho intramolecular Hbond substituents is 3. The smallest absolute Gasteiger partial charge is 0.335 e. The van der Waals surface area contributed by atoms with Gasteiger partial charge in [0.05, 0.1) is 22.4 Å². The number of ether oxygens (including phenoxy) is 1. The Morgan fingerprint density at radius 3 is 2.31 bits per heavy atom. The lowest BCUT2D eigenvalue weighted by Gasteiger charge is -2.29. The summed E-state index contributed by atoms with van der Waals surface area (Å²) in [6, 6.07) is 3.50. The summed E-state index contributed by atoms with van der Waals surface area (Å²) in [5.74, 6) is -4.86. The summed E-state index contributed by atoms with van der Waals surface area (Å²) in [5, 5.41) is 43.3. The molecule has 1 unspecified atom stereocenters. The van der Waals surface area contributed by atoms with Crippen LogP contribution in [-0.2, 0) is 15.0 Å². The van der Waals surface area contributed by atoms with Gasteiger partial charge < -0.3 is 30.5 Å². The van der Waals surface area contributed by atoms with Crippen LogP contribution in [0, 0.1) is 6.92 Å². The van der Waals surface area contributed by atoms with Crippen molar-refractivity contribution >= 4 is 29.0 Å². The summed E-state index contributed by atoms with van der Waals surface area (Å²) in [6.07, 6.45) is 1.06. The van der Waals surface area contributed by atoms with Gasteiger partial charge in [0, 0.05) is 17.3 Å². The van der Waals surface area contributed by atoms with E-state index >= 15 is 0 Å². The van der Waals surface area contributed by atoms with Crippen LogP contribution >= 0.6 is 0 Å². The van der Waals surface area contributed by atoms with E-state index in [1.54, 1.807) is 0 Å². The van der Waals surface area contributed by atoms with Crippen LogP contribution in [0.3, 0.4) is 0 Å². The van der Waals surface area contributed by atoms with E-state index in [0.717, 1.165) is 18.2 Å². The fourth-order valence-corrected chi connectivity index (χ4v) is 4.40. The molecule has 1 heterocycles. The number of allylic oxidation sites excluding steroid dienone is 4. The zero-order valence-electron chi connectivity index (χ0n) is 19.1. The van der Waals surface area contributed by atoms with Crippen molar-refractivity contribution < 1.29 is 44.3 Å². The molecule has 0 saturated heterocycles. The monoisotopic (exact) mass is 479 g/mol. The van der Waals surface area contributed by atoms with Gasteiger partial charge in [-0.05, 0) is 45.9 Å². The normalized spacial score (nSPS) is 19.9. The van der Waals surface area contributed by atoms with Crippen LogP contribution in [0.5, 0.6) is 23.0 Å². The van der Waals surface area contributed by atoms with Crippen LogP contribution < -0.4 is 10.1 Å². The highest BCUT2D eigenvalue weighted by Gasteiger charge is 2.56. The lowest BCUT2D eigenvalue weighted by atomic mass is 9.70. The largest absolute Gasteiger partial charge is 0.507 e. The van der Waals surface area contributed by atoms with Crippen LogP contribution in [-0.4, -0.2) is 43.7 Å². The van der Waals surface area contributed by atoms with E-state index in [1.807, 2.05) is 0 Å². The molecule has 1 aliphatic heterocycles. The maximum absolute atomic E-state index is 13.8. The van der Waals surface area contributed by atoms with Gasteiger partial charge in [0.2, 0.25) is 0 Å². The van der Waals surface area contributed by atoms with Crippen molar-refractivity contribution in [2.45, 2.75) is 33.1 Å². The Kier molecular flexibility index (Phi) is 5.20. The van der Waals surface area contributed by atoms with E-state index in [4.69, 9.17) is 4.74 Å². The Morgan fingerprint density at radius 1 is 1.06 bits per heavy atom. The van der Waals surface area contributed by atoms with Crippen LogP contribution in [0.15, 0.2) is 41.3 Å². The number of Topliss-reactive ketones (excluding diaryl/α,β-unsaturated/α-hetero) is 2. The molecule has 35 heavy (non-hydrogen) atoms. The molecule has 2 aromatic carbocycles. The number of carboxylic acid groups (broad SMARTS) is 1. The van der Waals surface area contributed by atoms with Gasteiger partial charge in [-0.2, -0.15) is 0 Å². The molecule has 0 aromatic heterocycles. The summed E-state index contributed by atoms with van der Waals surface area (Å²) in [5.41, 5.74) is -2.47. The summed E-state index contributed by atoms with van der Waals surface area (Å²) in [7, 11) is 0. The Hall–Kier alpha value is -4.60. The highest BCUT2D eigenvalue weighted by atomic mass is 16.5. The molecule has 5 N–H and O–H groups in total. The van der Waals surface area contributed by atoms with E-state index in [-0.39, 0.29) is 56.5 Å². The first-order chi connectivity index (χ1) is 16.3. The number of anilines is 1. The number of aromatic carboxylic acids is 1. The predicted molar refractivity (Wildman–Crippen MR) is 122 cm³/mol. The third kappa shape index (κ3) is 3.25. The standard InChI is InChI=1S/C25H21NO9/c1-9-20(30)18(11(3)27)22-19(21(9)31)25(4)16(35-22)8-15(29)17(23(25)32)10(2)26-13-7-12(24(33)34)5-6-14(13)28/h5-8,26,28,30-31H,1-4H3,(H,33,34). The molecule has 0 fully saturated rings. The molecule has 10 heteroatoms. The number of ketones is 3. The van der Waals surface area contributed by atoms with Gasteiger partial charge in [-0.25, -0.2) is 4.79 Å². The molecule has 4 rings (SSSR count). The number of hydrogen-bond donors (Lipinski definition) is 5. The van der Waals surface area contributed by atoms with E-state index in [0.29, 0.717) is 0 Å². The van der Waals surface area contributed by atoms with E-state index in [9.17, 15) is 39.6 Å². The van der Waals surface area contributed by atoms with Crippen LogP contribution in [0.2, 0.25) is 0 Å². The molecule has 0 saturated carbocycles. The highest BCUT2D eigenvalue weighted by molar-refractivity contribution is 6.31. The molecule has 2 aliphatic rings. The van der Waals surface area contributed by atoms with Gasteiger partial charge in [0.15, 0.2) is 17.3 Å². The van der Waals surface area contributed by atoms with Crippen molar-refractivity contribution in [2.24, 2.45) is 0 Å². The molecular weight excluding hydrogens is 458 g/mol. The van der Waals surface area contributed by atoms with Crippen molar-refractivity contribution in [3.8, 4) is 23.0 Å². The minimum atomic E-state index is -1.70. The lowest BCUT2D eigenvalue weighted by Crippen LogP contribution is -2.40. The molecule has 0 radical (unpaired) electrons. The van der Waals surface area contributed by atoms with Gasteiger partial charge in [-0.3, -0.25) is 14.4 Å². The molecule has 0 bridgehead atoms. The molecule has 2 aromatic rings. The fraction of sp³-hybridized carbons (Fsp3) is 0.200. The van der Waals surface area contributed by atoms with Gasteiger partial charge in [0.1, 0.15) is 39.7 Å². The minimum Gasteiger partial charge on any atom is -0.507 e. The Balaban J connectivity index is 1.90. The van der Waals surface area contributed by atoms with E-state index in [2.05, 4.69) is 5.32 Å². The van der Waals surface area contributed by atoms with Crippen molar-refractivity contribution in [3.05, 3.63) is 63.6 Å². The minimum absolute atomic E-state index is 0.0181. The molecular formula is C25H21NO9. The van der Waals surface area contributed by atoms with Crippen LogP contribution in [0.1, 0.15) is 52.6 Å². The first kappa shape index (κ1) is 23.6. The maximum atomic E-state index is 13.8. The Labute approximate surface area is 198 Å². The lowest BCUT2D eigenvalue weighted by molar-refractivity contribution is -0.123. The number of nitrogens with one attached hydrogen (secondary N) is 1. The van der Waals surface area contributed by atoms with Gasteiger partial charge >= 0.3 is 5.97 Å². The number of rotatable bonds is 4. The van der Waals surface area contributed by atoms with Crippen molar-refractivity contribution in [3.63, 3.8) is 0 Å². The van der Waals surface area contributed by atoms with Gasteiger partial charge in [-0.1, -0.05) is 0 Å². The number of hydrogen-bond acceptors (Lipinski definition) is 9. The summed E-state index contributed by atoms with van der Waals surface area (Å²) >= 11 is 0. The van der Waals surface area contributed by atoms with Crippen LogP contribution in [0.4, 0.5) is 5.69 Å². The topological polar surface area (TPSA) is 170 Å². The second-order valence-corrected chi connectivity index (χ2v) is 8.55. The highest BCUT2D eigenvalue weighted by Crippen LogP contribution is 2.57. The quantitative estimate of drug-likeness (QED) is 0.190. The molecule has 10 nitrogen and oxygen atoms in total. The number of aromatic hydroxyl groups is 3. The van der Waals surface area contributed by atoms with Gasteiger partial charge in [-0.15, -0.1) is 0 Å². The van der Waals surface area contributed by atoms with Crippen molar-refractivity contribution in [1.82, 2.24) is 0 Å². The van der Waals surface area contributed by atoms with E-state index < -0.39 is 40.2 Å². The average Bonchev–Trinajstić information content (AvgIpc) is 3.06. The molecule has 1 atom stereocenters. The fourth-order valence-electron chi connectivity index (χ4n) is 4.40. The average molecular weight is 479 g/mol. The number of carbonyl (C=O) groups excluding carboxylic acids is 3. The second-order valence-electron chi connectivity index (χ2n) is 8.55. The number of phenols is 3. The second kappa shape index (κ2) is 7.73. The Morgan fingerprint density at radius 2 is 1.71 bits per heavy atom. The maximum Gasteiger partial charge on any atom is 0.335 e. The van der Waals surface area contributed by atoms with Crippen LogP contribution in [0.25, 0.3) is 0 Å². The third-order valence-corrected chi connectivity index (χ3v) is 6.33. The third-order valence-electron chi connectivity index (χ3n) is 6.33. The Bertz CT molecular complexity index is 1450. The number of carbonyl (C=O) groups is 4. The zero-order valence-corrected chi connectivity index (χ0v) is 19.1. The predicted octanol–water partition coefficient (Wildman–Crippen LogP) is 3.08. The van der Waals surface area contributed by atoms with Crippen molar-refractivity contribution in [1.29, 1.82) is 0 Å². The van der Waals surface area contributed by atoms with Crippen molar-refractivity contribution in [2.75, 3.05) is 5.32 Å². The summed E-state index contributed by atoms with van der Waals surface area (Å²) < 4.78 is 5.70. The molecule has 1 aliphatic carbocycles. The molecule has 0 spiro atoms. The SMILES string of the molecule is CC(=O)c1c(O)c(C)c(O)c2c1OC1=CC(=O)C(=C(C)Nc3cc(C(=O)O)ccc3O)C(=O)C12C. The van der Waals surface area contributed by atoms with Gasteiger partial charge in [0.25, 0.3) is 0 Å².